The molecule has 0 saturated carbocycles. The van der Waals surface area contributed by atoms with E-state index in [1.54, 1.807) is 23.5 Å². The standard InChI is InChI=1S/C26H28F2N2OS/c1-18(2)30(26(31)20-7-11-23(28)12-8-20)15-21-14-29(16-24-4-3-13-32-24)17-25(21)19-5-9-22(27)10-6-19/h3-13,18,21,25H,14-17H2,1-2H3/t21-,25+/m1/s1. The minimum absolute atomic E-state index is 0.00719. The van der Waals surface area contributed by atoms with Crippen LogP contribution in [0.5, 0.6) is 0 Å². The van der Waals surface area contributed by atoms with E-state index in [-0.39, 0.29) is 35.4 Å². The highest BCUT2D eigenvalue weighted by molar-refractivity contribution is 7.09. The summed E-state index contributed by atoms with van der Waals surface area (Å²) in [5, 5.41) is 2.09. The first kappa shape index (κ1) is 22.6. The largest absolute Gasteiger partial charge is 0.336 e. The predicted molar refractivity (Wildman–Crippen MR) is 125 cm³/mol. The van der Waals surface area contributed by atoms with Gasteiger partial charge in [0.1, 0.15) is 11.6 Å². The molecule has 3 nitrogen and oxygen atoms in total. The van der Waals surface area contributed by atoms with Crippen LogP contribution in [0.25, 0.3) is 0 Å². The van der Waals surface area contributed by atoms with Gasteiger partial charge in [-0.25, -0.2) is 8.78 Å². The average Bonchev–Trinajstić information content (AvgIpc) is 3.42. The van der Waals surface area contributed by atoms with Gasteiger partial charge in [0.2, 0.25) is 0 Å². The second-order valence-corrected chi connectivity index (χ2v) is 9.78. The van der Waals surface area contributed by atoms with Crippen molar-refractivity contribution in [1.29, 1.82) is 0 Å². The zero-order valence-corrected chi connectivity index (χ0v) is 19.2. The number of rotatable bonds is 7. The van der Waals surface area contributed by atoms with E-state index in [4.69, 9.17) is 0 Å². The molecule has 1 aromatic heterocycles. The normalized spacial score (nSPS) is 18.9. The zero-order chi connectivity index (χ0) is 22.7. The molecule has 4 rings (SSSR count). The fourth-order valence-corrected chi connectivity index (χ4v) is 5.27. The van der Waals surface area contributed by atoms with Crippen LogP contribution >= 0.6 is 11.3 Å². The van der Waals surface area contributed by atoms with Gasteiger partial charge in [-0.2, -0.15) is 0 Å². The molecule has 0 aliphatic carbocycles. The lowest BCUT2D eigenvalue weighted by molar-refractivity contribution is 0.0668. The van der Waals surface area contributed by atoms with Gasteiger partial charge in [0.25, 0.3) is 5.91 Å². The highest BCUT2D eigenvalue weighted by Crippen LogP contribution is 2.35. The predicted octanol–water partition coefficient (Wildman–Crippen LogP) is 5.79. The lowest BCUT2D eigenvalue weighted by atomic mass is 9.88. The van der Waals surface area contributed by atoms with Crippen molar-refractivity contribution >= 4 is 17.2 Å². The molecule has 0 N–H and O–H groups in total. The maximum Gasteiger partial charge on any atom is 0.254 e. The molecular weight excluding hydrogens is 426 g/mol. The summed E-state index contributed by atoms with van der Waals surface area (Å²) in [5.74, 6) is -0.261. The lowest BCUT2D eigenvalue weighted by Gasteiger charge is -2.32. The van der Waals surface area contributed by atoms with Crippen LogP contribution in [-0.4, -0.2) is 41.4 Å². The van der Waals surface area contributed by atoms with E-state index >= 15 is 0 Å². The Morgan fingerprint density at radius 1 is 1.03 bits per heavy atom. The molecule has 2 heterocycles. The van der Waals surface area contributed by atoms with Crippen LogP contribution in [0.3, 0.4) is 0 Å². The van der Waals surface area contributed by atoms with E-state index in [1.165, 1.54) is 29.1 Å². The van der Waals surface area contributed by atoms with E-state index in [9.17, 15) is 13.6 Å². The van der Waals surface area contributed by atoms with Crippen molar-refractivity contribution in [2.45, 2.75) is 32.4 Å². The topological polar surface area (TPSA) is 23.6 Å². The van der Waals surface area contributed by atoms with Gasteiger partial charge in [0, 0.05) is 48.6 Å². The third kappa shape index (κ3) is 5.25. The number of likely N-dealkylation sites (tertiary alicyclic amines) is 1. The van der Waals surface area contributed by atoms with Gasteiger partial charge in [-0.05, 0) is 73.2 Å². The molecule has 6 heteroatoms. The number of benzene rings is 2. The van der Waals surface area contributed by atoms with E-state index in [1.807, 2.05) is 30.9 Å². The number of halogens is 2. The zero-order valence-electron chi connectivity index (χ0n) is 18.4. The highest BCUT2D eigenvalue weighted by Gasteiger charge is 2.36. The van der Waals surface area contributed by atoms with E-state index in [2.05, 4.69) is 22.4 Å². The molecule has 1 aliphatic heterocycles. The van der Waals surface area contributed by atoms with Crippen molar-refractivity contribution < 1.29 is 13.6 Å². The smallest absolute Gasteiger partial charge is 0.254 e. The van der Waals surface area contributed by atoms with Crippen molar-refractivity contribution in [3.63, 3.8) is 0 Å². The minimum Gasteiger partial charge on any atom is -0.336 e. The van der Waals surface area contributed by atoms with Crippen LogP contribution in [0.15, 0.2) is 66.0 Å². The van der Waals surface area contributed by atoms with Gasteiger partial charge in [-0.3, -0.25) is 9.69 Å². The molecule has 2 aromatic carbocycles. The summed E-state index contributed by atoms with van der Waals surface area (Å²) in [7, 11) is 0. The SMILES string of the molecule is CC(C)N(C[C@H]1CN(Cc2cccs2)C[C@H]1c1ccc(F)cc1)C(=O)c1ccc(F)cc1. The summed E-state index contributed by atoms with van der Waals surface area (Å²) in [4.78, 5) is 18.9. The second kappa shape index (κ2) is 9.92. The fourth-order valence-electron chi connectivity index (χ4n) is 4.52. The van der Waals surface area contributed by atoms with Crippen molar-refractivity contribution in [2.75, 3.05) is 19.6 Å². The van der Waals surface area contributed by atoms with E-state index < -0.39 is 0 Å². The Hall–Kier alpha value is -2.57. The Bertz CT molecular complexity index is 1020. The molecule has 32 heavy (non-hydrogen) atoms. The molecule has 0 unspecified atom stereocenters. The van der Waals surface area contributed by atoms with Gasteiger partial charge in [0.05, 0.1) is 0 Å². The number of carbonyl (C=O) groups is 1. The Kier molecular flexibility index (Phi) is 7.01. The first-order chi connectivity index (χ1) is 15.4. The van der Waals surface area contributed by atoms with Gasteiger partial charge in [0.15, 0.2) is 0 Å². The van der Waals surface area contributed by atoms with Crippen LogP contribution in [0.1, 0.15) is 40.6 Å². The van der Waals surface area contributed by atoms with Gasteiger partial charge >= 0.3 is 0 Å². The van der Waals surface area contributed by atoms with Crippen LogP contribution in [0.4, 0.5) is 8.78 Å². The number of carbonyl (C=O) groups excluding carboxylic acids is 1. The quantitative estimate of drug-likeness (QED) is 0.451. The van der Waals surface area contributed by atoms with Crippen molar-refractivity contribution in [1.82, 2.24) is 9.80 Å². The van der Waals surface area contributed by atoms with Crippen molar-refractivity contribution in [2.24, 2.45) is 5.92 Å². The third-order valence-corrected chi connectivity index (χ3v) is 7.04. The van der Waals surface area contributed by atoms with Gasteiger partial charge in [-0.1, -0.05) is 18.2 Å². The second-order valence-electron chi connectivity index (χ2n) is 8.75. The monoisotopic (exact) mass is 454 g/mol. The Labute approximate surface area is 192 Å². The first-order valence-electron chi connectivity index (χ1n) is 11.0. The molecule has 0 bridgehead atoms. The molecule has 0 spiro atoms. The minimum atomic E-state index is -0.353. The lowest BCUT2D eigenvalue weighted by Crippen LogP contribution is -2.42. The summed E-state index contributed by atoms with van der Waals surface area (Å²) in [6.07, 6.45) is 0. The molecule has 1 aliphatic rings. The van der Waals surface area contributed by atoms with Gasteiger partial charge in [-0.15, -0.1) is 11.3 Å². The van der Waals surface area contributed by atoms with Crippen LogP contribution in [0.2, 0.25) is 0 Å². The Balaban J connectivity index is 1.56. The summed E-state index contributed by atoms with van der Waals surface area (Å²) >= 11 is 1.75. The first-order valence-corrected chi connectivity index (χ1v) is 11.9. The van der Waals surface area contributed by atoms with E-state index in [0.29, 0.717) is 12.1 Å². The van der Waals surface area contributed by atoms with Gasteiger partial charge < -0.3 is 4.90 Å². The third-order valence-electron chi connectivity index (χ3n) is 6.18. The number of amides is 1. The molecule has 168 valence electrons. The number of thiophene rings is 1. The molecule has 0 radical (unpaired) electrons. The van der Waals surface area contributed by atoms with Crippen LogP contribution in [-0.2, 0) is 6.54 Å². The molecule has 1 saturated heterocycles. The average molecular weight is 455 g/mol. The maximum absolute atomic E-state index is 13.5. The summed E-state index contributed by atoms with van der Waals surface area (Å²) < 4.78 is 26.9. The van der Waals surface area contributed by atoms with Crippen LogP contribution in [0, 0.1) is 17.6 Å². The Morgan fingerprint density at radius 2 is 1.69 bits per heavy atom. The number of hydrogen-bond acceptors (Lipinski definition) is 3. The number of nitrogens with zero attached hydrogens (tertiary/aromatic N) is 2. The molecule has 3 aromatic rings. The van der Waals surface area contributed by atoms with Crippen LogP contribution < -0.4 is 0 Å². The van der Waals surface area contributed by atoms with E-state index in [0.717, 1.165) is 25.2 Å². The molecular formula is C26H28F2N2OS. The molecule has 1 amide bonds. The van der Waals surface area contributed by atoms with Crippen molar-refractivity contribution in [3.05, 3.63) is 93.7 Å². The fraction of sp³-hybridized carbons (Fsp3) is 0.346. The molecule has 1 fully saturated rings. The summed E-state index contributed by atoms with van der Waals surface area (Å²) in [6.45, 7) is 7.21. The maximum atomic E-state index is 13.5. The number of hydrogen-bond donors (Lipinski definition) is 0. The molecule has 2 atom stereocenters. The summed E-state index contributed by atoms with van der Waals surface area (Å²) in [5.41, 5.74) is 1.59. The van der Waals surface area contributed by atoms with Crippen molar-refractivity contribution in [3.8, 4) is 0 Å². The summed E-state index contributed by atoms with van der Waals surface area (Å²) in [6, 6.07) is 16.7. The Morgan fingerprint density at radius 3 is 2.28 bits per heavy atom. The highest BCUT2D eigenvalue weighted by atomic mass is 32.1.